The molecule has 0 N–H and O–H groups in total. The maximum Gasteiger partial charge on any atom is 0.219 e. The van der Waals surface area contributed by atoms with E-state index in [0.29, 0.717) is 16.9 Å². The van der Waals surface area contributed by atoms with Crippen molar-refractivity contribution in [2.75, 3.05) is 6.26 Å². The molecule has 4 aliphatic carbocycles. The highest BCUT2D eigenvalue weighted by Gasteiger charge is 2.59. The van der Waals surface area contributed by atoms with E-state index in [1.165, 1.54) is 64.2 Å². The number of rotatable bonds is 6. The molecule has 4 aliphatic rings. The molecule has 182 valence electrons. The summed E-state index contributed by atoms with van der Waals surface area (Å²) >= 11 is 6.93. The van der Waals surface area contributed by atoms with Gasteiger partial charge in [0.15, 0.2) is 0 Å². The third-order valence-electron chi connectivity index (χ3n) is 10.7. The Balaban J connectivity index is 1.45. The Morgan fingerprint density at radius 2 is 1.88 bits per heavy atom. The molecule has 0 amide bonds. The van der Waals surface area contributed by atoms with Crippen LogP contribution in [0.4, 0.5) is 0 Å². The van der Waals surface area contributed by atoms with Crippen molar-refractivity contribution in [1.29, 1.82) is 0 Å². The Hall–Kier alpha value is -0.0200. The van der Waals surface area contributed by atoms with Gasteiger partial charge in [-0.15, -0.1) is 0 Å². The Labute approximate surface area is 208 Å². The van der Waals surface area contributed by atoms with E-state index in [9.17, 15) is 0 Å². The third kappa shape index (κ3) is 4.60. The minimum atomic E-state index is 0.308. The normalized spacial score (nSPS) is 42.0. The van der Waals surface area contributed by atoms with Gasteiger partial charge in [0.25, 0.3) is 0 Å². The van der Waals surface area contributed by atoms with Crippen LogP contribution in [-0.2, 0) is 4.74 Å². The van der Waals surface area contributed by atoms with Gasteiger partial charge in [0.2, 0.25) is 4.38 Å². The summed E-state index contributed by atoms with van der Waals surface area (Å²) < 4.78 is 6.82. The highest BCUT2D eigenvalue weighted by Crippen LogP contribution is 2.67. The van der Waals surface area contributed by atoms with Crippen molar-refractivity contribution < 1.29 is 4.74 Å². The highest BCUT2D eigenvalue weighted by molar-refractivity contribution is 8.22. The third-order valence-corrected chi connectivity index (χ3v) is 11.7. The average molecular weight is 477 g/mol. The predicted octanol–water partition coefficient (Wildman–Crippen LogP) is 9.06. The number of allylic oxidation sites excluding steroid dienone is 1. The van der Waals surface area contributed by atoms with Gasteiger partial charge in [-0.05, 0) is 110 Å². The lowest BCUT2D eigenvalue weighted by atomic mass is 9.47. The van der Waals surface area contributed by atoms with Crippen LogP contribution < -0.4 is 0 Å². The van der Waals surface area contributed by atoms with E-state index in [0.717, 1.165) is 46.3 Å². The van der Waals surface area contributed by atoms with Gasteiger partial charge < -0.3 is 4.74 Å². The van der Waals surface area contributed by atoms with E-state index in [-0.39, 0.29) is 0 Å². The summed E-state index contributed by atoms with van der Waals surface area (Å²) in [5.74, 6) is 5.47. The zero-order valence-electron chi connectivity index (χ0n) is 21.6. The summed E-state index contributed by atoms with van der Waals surface area (Å²) in [4.78, 5) is 0. The topological polar surface area (TPSA) is 9.23 Å². The number of hydrogen-bond acceptors (Lipinski definition) is 3. The minimum Gasteiger partial charge on any atom is -0.475 e. The fourth-order valence-corrected chi connectivity index (χ4v) is 9.31. The smallest absolute Gasteiger partial charge is 0.219 e. The second kappa shape index (κ2) is 9.92. The fraction of sp³-hybridized carbons (Fsp3) is 0.897. The van der Waals surface area contributed by atoms with E-state index < -0.39 is 0 Å². The average Bonchev–Trinajstić information content (AvgIpc) is 3.11. The van der Waals surface area contributed by atoms with Crippen molar-refractivity contribution in [3.63, 3.8) is 0 Å². The van der Waals surface area contributed by atoms with Gasteiger partial charge in [-0.2, -0.15) is 0 Å². The fourth-order valence-electron chi connectivity index (χ4n) is 8.94. The second-order valence-electron chi connectivity index (χ2n) is 12.7. The molecule has 3 saturated carbocycles. The number of thiocarbonyl (C=S) groups is 1. The molecule has 4 rings (SSSR count). The molecule has 0 radical (unpaired) electrons. The number of hydrogen-bond donors (Lipinski definition) is 0. The lowest BCUT2D eigenvalue weighted by Crippen LogP contribution is -2.51. The quantitative estimate of drug-likeness (QED) is 0.279. The van der Waals surface area contributed by atoms with Gasteiger partial charge in [0, 0.05) is 6.42 Å². The molecule has 0 spiro atoms. The lowest BCUT2D eigenvalue weighted by molar-refractivity contribution is -0.0561. The zero-order valence-corrected chi connectivity index (χ0v) is 23.3. The van der Waals surface area contributed by atoms with E-state index in [2.05, 4.69) is 40.7 Å². The van der Waals surface area contributed by atoms with Gasteiger partial charge in [0.05, 0.1) is 0 Å². The van der Waals surface area contributed by atoms with Crippen molar-refractivity contribution >= 4 is 28.4 Å². The molecule has 1 nitrogen and oxygen atoms in total. The van der Waals surface area contributed by atoms with Crippen molar-refractivity contribution in [2.45, 2.75) is 111 Å². The molecular weight excluding hydrogens is 428 g/mol. The molecule has 0 aromatic heterocycles. The van der Waals surface area contributed by atoms with Gasteiger partial charge in [-0.1, -0.05) is 77.3 Å². The van der Waals surface area contributed by atoms with Crippen LogP contribution in [0.25, 0.3) is 0 Å². The molecule has 3 fully saturated rings. The molecule has 0 heterocycles. The SMILES string of the molecule is CSC(=S)OC1CCC2(C)C(=CCC3C2CCC2(C)C(C(C)CCCC(C)C)CCC32)C1. The van der Waals surface area contributed by atoms with E-state index in [4.69, 9.17) is 17.0 Å². The first kappa shape index (κ1) is 25.1. The molecule has 32 heavy (non-hydrogen) atoms. The summed E-state index contributed by atoms with van der Waals surface area (Å²) in [6.07, 6.45) is 20.1. The molecule has 3 heteroatoms. The summed E-state index contributed by atoms with van der Waals surface area (Å²) in [7, 11) is 0. The molecule has 8 atom stereocenters. The summed E-state index contributed by atoms with van der Waals surface area (Å²) in [5.41, 5.74) is 2.70. The van der Waals surface area contributed by atoms with Gasteiger partial charge in [0.1, 0.15) is 6.10 Å². The van der Waals surface area contributed by atoms with Gasteiger partial charge >= 0.3 is 0 Å². The number of fused-ring (bicyclic) bond motifs is 5. The zero-order chi connectivity index (χ0) is 23.1. The molecule has 0 saturated heterocycles. The summed E-state index contributed by atoms with van der Waals surface area (Å²) in [6.45, 7) is 12.7. The Kier molecular flexibility index (Phi) is 7.78. The van der Waals surface area contributed by atoms with Crippen LogP contribution >= 0.6 is 24.0 Å². The molecule has 0 aromatic carbocycles. The van der Waals surface area contributed by atoms with E-state index in [1.54, 1.807) is 17.3 Å². The lowest BCUT2D eigenvalue weighted by Gasteiger charge is -2.58. The molecule has 8 unspecified atom stereocenters. The molecule has 0 aliphatic heterocycles. The van der Waals surface area contributed by atoms with Gasteiger partial charge in [-0.3, -0.25) is 0 Å². The van der Waals surface area contributed by atoms with Crippen LogP contribution in [0, 0.1) is 46.3 Å². The maximum absolute atomic E-state index is 6.10. The second-order valence-corrected chi connectivity index (χ2v) is 14.1. The predicted molar refractivity (Wildman–Crippen MR) is 144 cm³/mol. The van der Waals surface area contributed by atoms with Crippen molar-refractivity contribution in [3.05, 3.63) is 11.6 Å². The maximum atomic E-state index is 6.10. The van der Waals surface area contributed by atoms with Gasteiger partial charge in [-0.25, -0.2) is 0 Å². The Morgan fingerprint density at radius 3 is 2.59 bits per heavy atom. The monoisotopic (exact) mass is 476 g/mol. The van der Waals surface area contributed by atoms with Crippen LogP contribution in [0.2, 0.25) is 0 Å². The van der Waals surface area contributed by atoms with Crippen molar-refractivity contribution in [1.82, 2.24) is 0 Å². The van der Waals surface area contributed by atoms with Crippen LogP contribution in [0.3, 0.4) is 0 Å². The minimum absolute atomic E-state index is 0.308. The van der Waals surface area contributed by atoms with Crippen molar-refractivity contribution in [2.24, 2.45) is 46.3 Å². The number of thioether (sulfide) groups is 1. The standard InChI is InChI=1S/C29H48OS2/c1-19(2)8-7-9-20(3)24-12-13-25-23-11-10-21-18-22(30-27(31)32-6)14-16-28(21,4)26(23)15-17-29(24,25)5/h10,19-20,22-26H,7-9,11-18H2,1-6H3. The first-order valence-electron chi connectivity index (χ1n) is 13.6. The van der Waals surface area contributed by atoms with Crippen molar-refractivity contribution in [3.8, 4) is 0 Å². The highest BCUT2D eigenvalue weighted by atomic mass is 32.2. The van der Waals surface area contributed by atoms with Crippen LogP contribution in [0.15, 0.2) is 11.6 Å². The molecule has 0 bridgehead atoms. The summed E-state index contributed by atoms with van der Waals surface area (Å²) in [6, 6.07) is 0. The number of ether oxygens (including phenoxy) is 1. The first-order chi connectivity index (χ1) is 15.2. The summed E-state index contributed by atoms with van der Waals surface area (Å²) in [5, 5.41) is 0. The Bertz CT molecular complexity index is 714. The van der Waals surface area contributed by atoms with E-state index in [1.807, 2.05) is 6.26 Å². The van der Waals surface area contributed by atoms with Crippen LogP contribution in [-0.4, -0.2) is 16.7 Å². The molecular formula is C29H48OS2. The van der Waals surface area contributed by atoms with Crippen LogP contribution in [0.5, 0.6) is 0 Å². The Morgan fingerprint density at radius 1 is 1.09 bits per heavy atom. The van der Waals surface area contributed by atoms with Crippen LogP contribution in [0.1, 0.15) is 105 Å². The van der Waals surface area contributed by atoms with E-state index >= 15 is 0 Å². The first-order valence-corrected chi connectivity index (χ1v) is 15.3. The largest absolute Gasteiger partial charge is 0.475 e. The molecule has 0 aromatic rings.